The third-order valence-corrected chi connectivity index (χ3v) is 6.62. The largest absolute Gasteiger partial charge is 0.420 e. The Morgan fingerprint density at radius 3 is 2.84 bits per heavy atom. The average Bonchev–Trinajstić information content (AvgIpc) is 3.29. The monoisotopic (exact) mass is 466 g/mol. The summed E-state index contributed by atoms with van der Waals surface area (Å²) in [4.78, 5) is 14.0. The minimum absolute atomic E-state index is 0.0126. The summed E-state index contributed by atoms with van der Waals surface area (Å²) in [6.45, 7) is 0.718. The molecule has 0 saturated heterocycles. The molecule has 3 aromatic rings. The van der Waals surface area contributed by atoms with E-state index >= 15 is 0 Å². The number of hydrogen-bond donors (Lipinski definition) is 2. The normalized spacial score (nSPS) is 14.4. The molecule has 32 heavy (non-hydrogen) atoms. The molecule has 5 nitrogen and oxygen atoms in total. The van der Waals surface area contributed by atoms with Gasteiger partial charge in [-0.15, -0.1) is 11.3 Å². The number of rotatable bonds is 6. The van der Waals surface area contributed by atoms with E-state index in [9.17, 15) is 22.4 Å². The number of alkyl halides is 3. The first kappa shape index (κ1) is 22.5. The maximum absolute atomic E-state index is 13.5. The van der Waals surface area contributed by atoms with Crippen LogP contribution in [0, 0.1) is 5.82 Å². The molecule has 0 radical (unpaired) electrons. The van der Waals surface area contributed by atoms with Crippen molar-refractivity contribution in [2.24, 2.45) is 5.73 Å². The van der Waals surface area contributed by atoms with Crippen LogP contribution < -0.4 is 11.1 Å². The number of nitrogens with two attached hydrogens (primary N) is 1. The van der Waals surface area contributed by atoms with Crippen LogP contribution in [0.3, 0.4) is 0 Å². The molecule has 1 atom stereocenters. The molecule has 1 aromatic carbocycles. The average molecular weight is 467 g/mol. The maximum atomic E-state index is 13.5. The molecule has 170 valence electrons. The standard InChI is InChI=1S/C22H22F4N4OS/c23-14-4-1-3-13(9-14)10-15(6-7-27)29-21(31)19-11-16-18(32-19)5-2-8-30-20(16)17(12-28-30)22(24,25)26/h1,3-4,9,11-12,15H,2,5-8,10,27H2,(H,29,31)/t15-/m1/s1. The fourth-order valence-electron chi connectivity index (χ4n) is 3.99. The van der Waals surface area contributed by atoms with E-state index in [-0.39, 0.29) is 23.5 Å². The van der Waals surface area contributed by atoms with Gasteiger partial charge in [-0.1, -0.05) is 12.1 Å². The number of aryl methyl sites for hydroxylation is 2. The third-order valence-electron chi connectivity index (χ3n) is 5.43. The van der Waals surface area contributed by atoms with Gasteiger partial charge in [0, 0.05) is 23.0 Å². The summed E-state index contributed by atoms with van der Waals surface area (Å²) in [5.41, 5.74) is 6.03. The Labute approximate surface area is 186 Å². The van der Waals surface area contributed by atoms with Gasteiger partial charge in [-0.2, -0.15) is 18.3 Å². The van der Waals surface area contributed by atoms with E-state index in [4.69, 9.17) is 5.73 Å². The number of thiophene rings is 1. The lowest BCUT2D eigenvalue weighted by atomic mass is 10.0. The molecule has 1 amide bonds. The molecule has 0 spiro atoms. The molecule has 0 fully saturated rings. The number of carbonyl (C=O) groups is 1. The Kier molecular flexibility index (Phi) is 6.34. The minimum atomic E-state index is -4.53. The number of carbonyl (C=O) groups excluding carboxylic acids is 1. The number of fused-ring (bicyclic) bond motifs is 3. The number of aromatic nitrogens is 2. The van der Waals surface area contributed by atoms with E-state index in [1.165, 1.54) is 34.2 Å². The van der Waals surface area contributed by atoms with Gasteiger partial charge in [-0.3, -0.25) is 9.48 Å². The summed E-state index contributed by atoms with van der Waals surface area (Å²) in [6, 6.07) is 7.31. The van der Waals surface area contributed by atoms with Crippen LogP contribution in [0.5, 0.6) is 0 Å². The molecule has 4 rings (SSSR count). The smallest absolute Gasteiger partial charge is 0.348 e. The summed E-state index contributed by atoms with van der Waals surface area (Å²) in [7, 11) is 0. The van der Waals surface area contributed by atoms with Crippen LogP contribution in [0.25, 0.3) is 11.3 Å². The van der Waals surface area contributed by atoms with Gasteiger partial charge in [0.2, 0.25) is 0 Å². The highest BCUT2D eigenvalue weighted by atomic mass is 32.1. The lowest BCUT2D eigenvalue weighted by molar-refractivity contribution is -0.137. The van der Waals surface area contributed by atoms with Crippen molar-refractivity contribution >= 4 is 17.2 Å². The quantitative estimate of drug-likeness (QED) is 0.529. The van der Waals surface area contributed by atoms with Gasteiger partial charge in [0.05, 0.1) is 16.8 Å². The molecule has 0 saturated carbocycles. The van der Waals surface area contributed by atoms with Crippen LogP contribution >= 0.6 is 11.3 Å². The summed E-state index contributed by atoms with van der Waals surface area (Å²) in [5, 5.41) is 6.83. The third kappa shape index (κ3) is 4.71. The summed E-state index contributed by atoms with van der Waals surface area (Å²) < 4.78 is 55.5. The van der Waals surface area contributed by atoms with Gasteiger partial charge in [0.1, 0.15) is 11.4 Å². The van der Waals surface area contributed by atoms with Gasteiger partial charge in [-0.25, -0.2) is 4.39 Å². The van der Waals surface area contributed by atoms with E-state index in [0.29, 0.717) is 49.2 Å². The fourth-order valence-corrected chi connectivity index (χ4v) is 5.10. The number of nitrogens with zero attached hydrogens (tertiary/aromatic N) is 2. The van der Waals surface area contributed by atoms with Gasteiger partial charge in [0.15, 0.2) is 0 Å². The first-order chi connectivity index (χ1) is 15.3. The van der Waals surface area contributed by atoms with Crippen LogP contribution in [0.4, 0.5) is 17.6 Å². The van der Waals surface area contributed by atoms with Gasteiger partial charge in [-0.05, 0) is 56.0 Å². The number of amides is 1. The van der Waals surface area contributed by atoms with Crippen molar-refractivity contribution in [3.05, 3.63) is 63.2 Å². The highest BCUT2D eigenvalue weighted by Crippen LogP contribution is 2.42. The molecule has 0 aliphatic carbocycles. The van der Waals surface area contributed by atoms with Crippen molar-refractivity contribution in [3.8, 4) is 11.3 Å². The first-order valence-electron chi connectivity index (χ1n) is 10.3. The van der Waals surface area contributed by atoms with E-state index < -0.39 is 11.7 Å². The molecule has 1 aliphatic rings. The second kappa shape index (κ2) is 9.03. The van der Waals surface area contributed by atoms with Gasteiger partial charge in [0.25, 0.3) is 5.91 Å². The van der Waals surface area contributed by atoms with Crippen LogP contribution in [0.2, 0.25) is 0 Å². The number of nitrogens with one attached hydrogen (secondary N) is 1. The predicted molar refractivity (Wildman–Crippen MR) is 114 cm³/mol. The van der Waals surface area contributed by atoms with Gasteiger partial charge < -0.3 is 11.1 Å². The van der Waals surface area contributed by atoms with Gasteiger partial charge >= 0.3 is 6.18 Å². The van der Waals surface area contributed by atoms with E-state index in [1.54, 1.807) is 12.1 Å². The minimum Gasteiger partial charge on any atom is -0.348 e. The highest BCUT2D eigenvalue weighted by Gasteiger charge is 2.38. The van der Waals surface area contributed by atoms with Crippen LogP contribution in [-0.4, -0.2) is 28.3 Å². The van der Waals surface area contributed by atoms with Crippen LogP contribution in [0.15, 0.2) is 36.5 Å². The zero-order chi connectivity index (χ0) is 22.9. The topological polar surface area (TPSA) is 72.9 Å². The van der Waals surface area contributed by atoms with Crippen molar-refractivity contribution < 1.29 is 22.4 Å². The summed E-state index contributed by atoms with van der Waals surface area (Å²) in [6.07, 6.45) is -1.59. The Balaban J connectivity index is 1.60. The molecule has 3 N–H and O–H groups in total. The molecular formula is C22H22F4N4OS. The van der Waals surface area contributed by atoms with E-state index in [1.807, 2.05) is 0 Å². The molecule has 1 aliphatic heterocycles. The van der Waals surface area contributed by atoms with Crippen LogP contribution in [0.1, 0.15) is 38.5 Å². The second-order valence-electron chi connectivity index (χ2n) is 7.76. The van der Waals surface area contributed by atoms with E-state index in [2.05, 4.69) is 10.4 Å². The molecule has 3 heterocycles. The van der Waals surface area contributed by atoms with Crippen molar-refractivity contribution in [3.63, 3.8) is 0 Å². The Hall–Kier alpha value is -2.72. The molecule has 0 unspecified atom stereocenters. The van der Waals surface area contributed by atoms with E-state index in [0.717, 1.165) is 16.6 Å². The van der Waals surface area contributed by atoms with Crippen molar-refractivity contribution in [2.75, 3.05) is 6.54 Å². The molecule has 2 aromatic heterocycles. The predicted octanol–water partition coefficient (Wildman–Crippen LogP) is 4.41. The second-order valence-corrected chi connectivity index (χ2v) is 8.90. The lowest BCUT2D eigenvalue weighted by Crippen LogP contribution is -2.37. The summed E-state index contributed by atoms with van der Waals surface area (Å²) >= 11 is 1.20. The zero-order valence-electron chi connectivity index (χ0n) is 17.1. The fraction of sp³-hybridized carbons (Fsp3) is 0.364. The molecular weight excluding hydrogens is 444 g/mol. The zero-order valence-corrected chi connectivity index (χ0v) is 17.9. The molecule has 0 bridgehead atoms. The first-order valence-corrected chi connectivity index (χ1v) is 11.1. The summed E-state index contributed by atoms with van der Waals surface area (Å²) in [5.74, 6) is -0.739. The molecule has 10 heteroatoms. The number of benzene rings is 1. The van der Waals surface area contributed by atoms with Crippen molar-refractivity contribution in [1.82, 2.24) is 15.1 Å². The maximum Gasteiger partial charge on any atom is 0.420 e. The number of hydrogen-bond acceptors (Lipinski definition) is 4. The van der Waals surface area contributed by atoms with Crippen LogP contribution in [-0.2, 0) is 25.6 Å². The Morgan fingerprint density at radius 2 is 2.12 bits per heavy atom. The Bertz CT molecular complexity index is 1120. The number of halogens is 4. The van der Waals surface area contributed by atoms with Crippen molar-refractivity contribution in [2.45, 2.75) is 44.4 Å². The highest BCUT2D eigenvalue weighted by molar-refractivity contribution is 7.14. The lowest BCUT2D eigenvalue weighted by Gasteiger charge is -2.18. The Morgan fingerprint density at radius 1 is 1.31 bits per heavy atom. The van der Waals surface area contributed by atoms with Crippen molar-refractivity contribution in [1.29, 1.82) is 0 Å². The SMILES string of the molecule is NCC[C@H](Cc1cccc(F)c1)NC(=O)c1cc2c(s1)CCCn1ncc(C(F)(F)F)c1-2.